The molecule has 0 atom stereocenters. The number of carbonyl (C=O) groups is 1. The van der Waals surface area contributed by atoms with Gasteiger partial charge in [-0.3, -0.25) is 15.6 Å². The van der Waals surface area contributed by atoms with E-state index in [9.17, 15) is 9.90 Å². The van der Waals surface area contributed by atoms with Crippen LogP contribution in [0.15, 0.2) is 59.7 Å². The van der Waals surface area contributed by atoms with Crippen molar-refractivity contribution in [1.82, 2.24) is 36.2 Å². The van der Waals surface area contributed by atoms with E-state index >= 15 is 0 Å². The summed E-state index contributed by atoms with van der Waals surface area (Å²) in [5.41, 5.74) is 13.1. The maximum atomic E-state index is 13.0. The zero-order chi connectivity index (χ0) is 23.4. The molecule has 0 aliphatic heterocycles. The summed E-state index contributed by atoms with van der Waals surface area (Å²) in [6.45, 7) is 6.28. The minimum Gasteiger partial charge on any atom is -0.508 e. The second kappa shape index (κ2) is 9.09. The van der Waals surface area contributed by atoms with Gasteiger partial charge in [-0.2, -0.15) is 4.68 Å². The first kappa shape index (κ1) is 21.4. The fraction of sp³-hybridized carbons (Fsp3) is 0.0952. The standard InChI is InChI=1S/C21H20N8O4/c1-3-32-16-10-6-14(7-11-16)18-17(24-28-29(18)20-19(22)26-33-27-20)21(31)25-23-12(2)13-4-8-15(30)9-5-13/h4-11,23,30H,2-3H2,1H3,(H2,22,26)(H,25,31). The molecule has 12 nitrogen and oxygen atoms in total. The minimum atomic E-state index is -0.583. The Morgan fingerprint density at radius 1 is 1.15 bits per heavy atom. The smallest absolute Gasteiger partial charge is 0.292 e. The zero-order valence-electron chi connectivity index (χ0n) is 17.5. The Kier molecular flexibility index (Phi) is 5.89. The average molecular weight is 448 g/mol. The van der Waals surface area contributed by atoms with Gasteiger partial charge < -0.3 is 15.6 Å². The Morgan fingerprint density at radius 2 is 1.88 bits per heavy atom. The highest BCUT2D eigenvalue weighted by molar-refractivity contribution is 5.98. The van der Waals surface area contributed by atoms with Crippen molar-refractivity contribution in [3.63, 3.8) is 0 Å². The molecule has 2 heterocycles. The number of nitrogens with zero attached hydrogens (tertiary/aromatic N) is 5. The molecule has 12 heteroatoms. The number of hydrogen-bond donors (Lipinski definition) is 4. The van der Waals surface area contributed by atoms with E-state index in [0.717, 1.165) is 0 Å². The van der Waals surface area contributed by atoms with Crippen molar-refractivity contribution in [2.45, 2.75) is 6.92 Å². The number of amides is 1. The lowest BCUT2D eigenvalue weighted by atomic mass is 10.1. The third-order valence-corrected chi connectivity index (χ3v) is 4.56. The van der Waals surface area contributed by atoms with Gasteiger partial charge in [0.2, 0.25) is 11.6 Å². The lowest BCUT2D eigenvalue weighted by molar-refractivity contribution is 0.0938. The number of nitrogen functional groups attached to an aromatic ring is 1. The first-order valence-corrected chi connectivity index (χ1v) is 9.80. The summed E-state index contributed by atoms with van der Waals surface area (Å²) >= 11 is 0. The van der Waals surface area contributed by atoms with Crippen molar-refractivity contribution in [1.29, 1.82) is 0 Å². The number of carbonyl (C=O) groups excluding carboxylic acids is 1. The summed E-state index contributed by atoms with van der Waals surface area (Å²) in [7, 11) is 0. The Bertz CT molecular complexity index is 1280. The number of aromatic hydroxyl groups is 1. The van der Waals surface area contributed by atoms with Gasteiger partial charge >= 0.3 is 0 Å². The van der Waals surface area contributed by atoms with Crippen LogP contribution in [0.3, 0.4) is 0 Å². The third kappa shape index (κ3) is 4.44. The Hall–Kier alpha value is -4.87. The van der Waals surface area contributed by atoms with Gasteiger partial charge in [0.15, 0.2) is 5.69 Å². The van der Waals surface area contributed by atoms with E-state index in [-0.39, 0.29) is 23.1 Å². The predicted molar refractivity (Wildman–Crippen MR) is 118 cm³/mol. The number of nitrogens with two attached hydrogens (primary N) is 1. The third-order valence-electron chi connectivity index (χ3n) is 4.56. The molecule has 0 fully saturated rings. The van der Waals surface area contributed by atoms with Crippen molar-refractivity contribution in [2.24, 2.45) is 0 Å². The molecule has 0 radical (unpaired) electrons. The maximum absolute atomic E-state index is 13.0. The van der Waals surface area contributed by atoms with Gasteiger partial charge in [0.1, 0.15) is 17.2 Å². The number of hydrogen-bond acceptors (Lipinski definition) is 10. The molecule has 2 aromatic heterocycles. The molecular weight excluding hydrogens is 428 g/mol. The lowest BCUT2D eigenvalue weighted by Gasteiger charge is -2.12. The molecule has 2 aromatic carbocycles. The summed E-state index contributed by atoms with van der Waals surface area (Å²) in [6, 6.07) is 13.3. The Balaban J connectivity index is 1.64. The number of aromatic nitrogens is 5. The SMILES string of the molecule is C=C(NNC(=O)c1nnn(-c2nonc2N)c1-c1ccc(OCC)cc1)c1ccc(O)cc1. The number of phenolic OH excluding ortho intramolecular Hbond substituents is 1. The number of nitrogens with one attached hydrogen (secondary N) is 2. The summed E-state index contributed by atoms with van der Waals surface area (Å²) < 4.78 is 11.4. The normalized spacial score (nSPS) is 10.6. The first-order valence-electron chi connectivity index (χ1n) is 9.80. The molecule has 0 unspecified atom stereocenters. The Morgan fingerprint density at radius 3 is 2.52 bits per heavy atom. The predicted octanol–water partition coefficient (Wildman–Crippen LogP) is 1.91. The van der Waals surface area contributed by atoms with E-state index in [2.05, 4.69) is 42.7 Å². The molecular formula is C21H20N8O4. The number of rotatable bonds is 8. The zero-order valence-corrected chi connectivity index (χ0v) is 17.5. The van der Waals surface area contributed by atoms with Gasteiger partial charge in [0.25, 0.3) is 5.91 Å². The van der Waals surface area contributed by atoms with Gasteiger partial charge in [-0.15, -0.1) is 5.10 Å². The summed E-state index contributed by atoms with van der Waals surface area (Å²) in [5.74, 6) is 0.277. The molecule has 4 rings (SSSR count). The van der Waals surface area contributed by atoms with Crippen LogP contribution >= 0.6 is 0 Å². The van der Waals surface area contributed by atoms with Crippen molar-refractivity contribution < 1.29 is 19.3 Å². The summed E-state index contributed by atoms with van der Waals surface area (Å²) in [6.07, 6.45) is 0. The van der Waals surface area contributed by atoms with Gasteiger partial charge in [-0.05, 0) is 71.3 Å². The van der Waals surface area contributed by atoms with Crippen LogP contribution in [0.4, 0.5) is 5.82 Å². The number of hydrazine groups is 1. The number of benzene rings is 2. The number of ether oxygens (including phenoxy) is 1. The highest BCUT2D eigenvalue weighted by Gasteiger charge is 2.25. The van der Waals surface area contributed by atoms with E-state index in [1.807, 2.05) is 6.92 Å². The molecule has 4 aromatic rings. The lowest BCUT2D eigenvalue weighted by Crippen LogP contribution is -2.36. The quantitative estimate of drug-likeness (QED) is 0.292. The summed E-state index contributed by atoms with van der Waals surface area (Å²) in [4.78, 5) is 13.0. The molecule has 1 amide bonds. The van der Waals surface area contributed by atoms with Gasteiger partial charge in [0.05, 0.1) is 12.3 Å². The highest BCUT2D eigenvalue weighted by Crippen LogP contribution is 2.28. The van der Waals surface area contributed by atoms with E-state index in [1.165, 1.54) is 16.8 Å². The van der Waals surface area contributed by atoms with Crippen LogP contribution in [-0.4, -0.2) is 42.9 Å². The minimum absolute atomic E-state index is 0.00688. The van der Waals surface area contributed by atoms with Gasteiger partial charge in [-0.1, -0.05) is 11.8 Å². The summed E-state index contributed by atoms with van der Waals surface area (Å²) in [5, 5.41) is 24.8. The second-order valence-corrected chi connectivity index (χ2v) is 6.73. The molecule has 0 aliphatic rings. The van der Waals surface area contributed by atoms with Crippen LogP contribution in [0.1, 0.15) is 23.0 Å². The topological polar surface area (TPSA) is 166 Å². The molecule has 0 bridgehead atoms. The van der Waals surface area contributed by atoms with Gasteiger partial charge in [0, 0.05) is 5.56 Å². The molecule has 5 N–H and O–H groups in total. The molecule has 0 spiro atoms. The monoisotopic (exact) mass is 448 g/mol. The fourth-order valence-corrected chi connectivity index (χ4v) is 2.98. The highest BCUT2D eigenvalue weighted by atomic mass is 16.6. The van der Waals surface area contributed by atoms with E-state index in [0.29, 0.717) is 34.9 Å². The maximum Gasteiger partial charge on any atom is 0.292 e. The van der Waals surface area contributed by atoms with Crippen molar-refractivity contribution in [3.8, 4) is 28.6 Å². The van der Waals surface area contributed by atoms with Crippen molar-refractivity contribution >= 4 is 17.4 Å². The molecule has 33 heavy (non-hydrogen) atoms. The second-order valence-electron chi connectivity index (χ2n) is 6.73. The van der Waals surface area contributed by atoms with Crippen LogP contribution in [-0.2, 0) is 0 Å². The van der Waals surface area contributed by atoms with E-state index in [4.69, 9.17) is 10.5 Å². The van der Waals surface area contributed by atoms with Crippen LogP contribution in [0.25, 0.3) is 22.8 Å². The average Bonchev–Trinajstić information content (AvgIpc) is 3.44. The molecule has 0 saturated heterocycles. The van der Waals surface area contributed by atoms with Crippen molar-refractivity contribution in [2.75, 3.05) is 12.3 Å². The van der Waals surface area contributed by atoms with Crippen LogP contribution < -0.4 is 21.3 Å². The largest absolute Gasteiger partial charge is 0.508 e. The van der Waals surface area contributed by atoms with Crippen molar-refractivity contribution in [3.05, 3.63) is 66.4 Å². The number of phenols is 1. The van der Waals surface area contributed by atoms with Gasteiger partial charge in [-0.25, -0.2) is 4.63 Å². The van der Waals surface area contributed by atoms with Crippen LogP contribution in [0, 0.1) is 0 Å². The van der Waals surface area contributed by atoms with E-state index in [1.54, 1.807) is 36.4 Å². The molecule has 168 valence electrons. The fourth-order valence-electron chi connectivity index (χ4n) is 2.98. The Labute approximate surface area is 187 Å². The molecule has 0 saturated carbocycles. The van der Waals surface area contributed by atoms with E-state index < -0.39 is 5.91 Å². The van der Waals surface area contributed by atoms with Crippen LogP contribution in [0.2, 0.25) is 0 Å². The molecule has 0 aliphatic carbocycles. The first-order chi connectivity index (χ1) is 16.0. The van der Waals surface area contributed by atoms with Crippen LogP contribution in [0.5, 0.6) is 11.5 Å². The number of anilines is 1.